The van der Waals surface area contributed by atoms with Crippen molar-refractivity contribution in [1.29, 1.82) is 0 Å². The van der Waals surface area contributed by atoms with Crippen LogP contribution in [-0.2, 0) is 24.3 Å². The maximum atomic E-state index is 13.4. The van der Waals surface area contributed by atoms with Crippen LogP contribution in [0.15, 0.2) is 41.3 Å². The molecule has 3 N–H and O–H groups in total. The van der Waals surface area contributed by atoms with Gasteiger partial charge in [-0.05, 0) is 31.2 Å². The number of esters is 1. The summed E-state index contributed by atoms with van der Waals surface area (Å²) in [6.45, 7) is 0.253. The lowest BCUT2D eigenvalue weighted by Gasteiger charge is -2.14. The van der Waals surface area contributed by atoms with Crippen molar-refractivity contribution in [3.8, 4) is 0 Å². The van der Waals surface area contributed by atoms with Crippen molar-refractivity contribution in [3.63, 3.8) is 0 Å². The number of benzene rings is 2. The molecule has 0 aliphatic heterocycles. The summed E-state index contributed by atoms with van der Waals surface area (Å²) < 4.78 is 44.8. The molecule has 0 saturated carbocycles. The Kier molecular flexibility index (Phi) is 8.15. The third-order valence-corrected chi connectivity index (χ3v) is 5.64. The summed E-state index contributed by atoms with van der Waals surface area (Å²) in [6, 6.07) is 5.67. The second kappa shape index (κ2) is 10.6. The standard InChI is InChI=1S/C18H18FN5O9S/c1-10(18(26)22-11-3-5-13(19)15(7-11)23(27)28)33-17(25)9-21-34(31,32)12-4-6-14(20-2)16(8-12)24(29)30/h3-8,10,20-21H,9H2,1-2H3,(H,22,26). The Balaban J connectivity index is 1.99. The number of nitrogens with zero attached hydrogens (tertiary/aromatic N) is 2. The molecule has 182 valence electrons. The van der Waals surface area contributed by atoms with E-state index in [1.54, 1.807) is 0 Å². The Bertz CT molecular complexity index is 1250. The molecule has 0 fully saturated rings. The molecule has 0 spiro atoms. The molecule has 34 heavy (non-hydrogen) atoms. The average molecular weight is 499 g/mol. The number of nitro groups is 2. The van der Waals surface area contributed by atoms with Gasteiger partial charge in [0, 0.05) is 24.9 Å². The monoisotopic (exact) mass is 499 g/mol. The second-order valence-electron chi connectivity index (χ2n) is 6.56. The molecule has 0 bridgehead atoms. The molecule has 1 unspecified atom stereocenters. The van der Waals surface area contributed by atoms with Crippen LogP contribution >= 0.6 is 0 Å². The van der Waals surface area contributed by atoms with Crippen molar-refractivity contribution < 1.29 is 37.0 Å². The minimum Gasteiger partial charge on any atom is -0.452 e. The number of sulfonamides is 1. The molecule has 0 saturated heterocycles. The van der Waals surface area contributed by atoms with Crippen LogP contribution in [-0.4, -0.2) is 49.8 Å². The Morgan fingerprint density at radius 1 is 1.09 bits per heavy atom. The number of hydrogen-bond donors (Lipinski definition) is 3. The van der Waals surface area contributed by atoms with E-state index in [9.17, 15) is 42.6 Å². The van der Waals surface area contributed by atoms with Crippen LogP contribution in [0.25, 0.3) is 0 Å². The van der Waals surface area contributed by atoms with Gasteiger partial charge in [0.05, 0.1) is 14.7 Å². The summed E-state index contributed by atoms with van der Waals surface area (Å²) in [7, 11) is -2.92. The van der Waals surface area contributed by atoms with Crippen LogP contribution in [0.2, 0.25) is 0 Å². The molecule has 2 aromatic rings. The van der Waals surface area contributed by atoms with Gasteiger partial charge in [0.2, 0.25) is 15.8 Å². The average Bonchev–Trinajstić information content (AvgIpc) is 2.78. The molecule has 0 aliphatic carbocycles. The van der Waals surface area contributed by atoms with Gasteiger partial charge in [-0.25, -0.2) is 8.42 Å². The fourth-order valence-corrected chi connectivity index (χ4v) is 3.53. The van der Waals surface area contributed by atoms with E-state index in [2.05, 4.69) is 10.6 Å². The van der Waals surface area contributed by atoms with E-state index in [0.29, 0.717) is 0 Å². The van der Waals surface area contributed by atoms with Crippen LogP contribution < -0.4 is 15.4 Å². The molecule has 0 aromatic heterocycles. The van der Waals surface area contributed by atoms with Crippen molar-refractivity contribution in [2.24, 2.45) is 0 Å². The van der Waals surface area contributed by atoms with E-state index in [0.717, 1.165) is 37.3 Å². The number of hydrogen-bond acceptors (Lipinski definition) is 10. The van der Waals surface area contributed by atoms with Gasteiger partial charge in [0.1, 0.15) is 12.2 Å². The summed E-state index contributed by atoms with van der Waals surface area (Å²) >= 11 is 0. The molecule has 2 aromatic carbocycles. The van der Waals surface area contributed by atoms with Gasteiger partial charge in [0.15, 0.2) is 6.10 Å². The summed E-state index contributed by atoms with van der Waals surface area (Å²) in [5.74, 6) is -3.19. The van der Waals surface area contributed by atoms with Gasteiger partial charge in [-0.2, -0.15) is 9.11 Å². The highest BCUT2D eigenvalue weighted by Gasteiger charge is 2.24. The molecule has 2 rings (SSSR count). The lowest BCUT2D eigenvalue weighted by atomic mass is 10.2. The first-order chi connectivity index (χ1) is 15.9. The van der Waals surface area contributed by atoms with E-state index in [1.165, 1.54) is 13.1 Å². The maximum absolute atomic E-state index is 13.4. The minimum absolute atomic E-state index is 0.0784. The summed E-state index contributed by atoms with van der Waals surface area (Å²) in [5.41, 5.74) is -1.43. The van der Waals surface area contributed by atoms with E-state index in [-0.39, 0.29) is 11.4 Å². The number of anilines is 2. The fraction of sp³-hybridized carbons (Fsp3) is 0.222. The van der Waals surface area contributed by atoms with Gasteiger partial charge >= 0.3 is 11.7 Å². The first-order valence-electron chi connectivity index (χ1n) is 9.26. The van der Waals surface area contributed by atoms with E-state index < -0.39 is 66.5 Å². The highest BCUT2D eigenvalue weighted by molar-refractivity contribution is 7.89. The molecular weight excluding hydrogens is 481 g/mol. The van der Waals surface area contributed by atoms with Crippen molar-refractivity contribution >= 4 is 44.6 Å². The van der Waals surface area contributed by atoms with Gasteiger partial charge in [-0.15, -0.1) is 0 Å². The first kappa shape index (κ1) is 26.1. The number of rotatable bonds is 10. The zero-order valence-electron chi connectivity index (χ0n) is 17.6. The van der Waals surface area contributed by atoms with Crippen LogP contribution in [0.4, 0.5) is 27.1 Å². The summed E-state index contributed by atoms with van der Waals surface area (Å²) in [5, 5.41) is 26.6. The van der Waals surface area contributed by atoms with Crippen molar-refractivity contribution in [3.05, 3.63) is 62.4 Å². The van der Waals surface area contributed by atoms with Crippen molar-refractivity contribution in [1.82, 2.24) is 4.72 Å². The number of carbonyl (C=O) groups is 2. The summed E-state index contributed by atoms with van der Waals surface area (Å²) in [6.07, 6.45) is -1.45. The third kappa shape index (κ3) is 6.42. The quantitative estimate of drug-likeness (QED) is 0.244. The number of halogens is 1. The highest BCUT2D eigenvalue weighted by Crippen LogP contribution is 2.27. The smallest absolute Gasteiger partial charge is 0.321 e. The van der Waals surface area contributed by atoms with Crippen LogP contribution in [0.3, 0.4) is 0 Å². The topological polar surface area (TPSA) is 200 Å². The Morgan fingerprint density at radius 2 is 1.74 bits per heavy atom. The number of ether oxygens (including phenoxy) is 1. The van der Waals surface area contributed by atoms with Crippen LogP contribution in [0.1, 0.15) is 6.92 Å². The predicted octanol–water partition coefficient (Wildman–Crippen LogP) is 1.53. The van der Waals surface area contributed by atoms with Crippen molar-refractivity contribution in [2.45, 2.75) is 17.9 Å². The molecule has 1 atom stereocenters. The lowest BCUT2D eigenvalue weighted by Crippen LogP contribution is -2.35. The molecular formula is C18H18FN5O9S. The normalized spacial score (nSPS) is 11.9. The van der Waals surface area contributed by atoms with Gasteiger partial charge < -0.3 is 15.4 Å². The zero-order chi connectivity index (χ0) is 25.6. The zero-order valence-corrected chi connectivity index (χ0v) is 18.4. The second-order valence-corrected chi connectivity index (χ2v) is 8.32. The largest absolute Gasteiger partial charge is 0.452 e. The van der Waals surface area contributed by atoms with Crippen molar-refractivity contribution in [2.75, 3.05) is 24.2 Å². The molecule has 0 radical (unpaired) electrons. The molecule has 14 nitrogen and oxygen atoms in total. The van der Waals surface area contributed by atoms with E-state index >= 15 is 0 Å². The number of nitro benzene ring substituents is 2. The SMILES string of the molecule is CNc1ccc(S(=O)(=O)NCC(=O)OC(C)C(=O)Nc2ccc(F)c([N+](=O)[O-])c2)cc1[N+](=O)[O-]. The maximum Gasteiger partial charge on any atom is 0.321 e. The van der Waals surface area contributed by atoms with Gasteiger partial charge in [0.25, 0.3) is 11.6 Å². The van der Waals surface area contributed by atoms with E-state index in [4.69, 9.17) is 4.74 Å². The first-order valence-corrected chi connectivity index (χ1v) is 10.7. The Labute approximate surface area is 191 Å². The third-order valence-electron chi connectivity index (χ3n) is 4.24. The molecule has 0 aliphatic rings. The highest BCUT2D eigenvalue weighted by atomic mass is 32.2. The minimum atomic E-state index is -4.34. The number of carbonyl (C=O) groups excluding carboxylic acids is 2. The van der Waals surface area contributed by atoms with E-state index in [1.807, 2.05) is 4.72 Å². The fourth-order valence-electron chi connectivity index (χ4n) is 2.54. The summed E-state index contributed by atoms with van der Waals surface area (Å²) in [4.78, 5) is 43.7. The van der Waals surface area contributed by atoms with Gasteiger partial charge in [-0.3, -0.25) is 29.8 Å². The number of nitrogens with one attached hydrogen (secondary N) is 3. The van der Waals surface area contributed by atoms with Gasteiger partial charge in [-0.1, -0.05) is 0 Å². The Hall–Kier alpha value is -4.18. The Morgan fingerprint density at radius 3 is 2.32 bits per heavy atom. The molecule has 0 heterocycles. The molecule has 1 amide bonds. The molecule has 16 heteroatoms. The van der Waals surface area contributed by atoms with Crippen LogP contribution in [0, 0.1) is 26.0 Å². The number of amides is 1. The lowest BCUT2D eigenvalue weighted by molar-refractivity contribution is -0.387. The van der Waals surface area contributed by atoms with Crippen LogP contribution in [0.5, 0.6) is 0 Å². The predicted molar refractivity (Wildman–Crippen MR) is 115 cm³/mol.